The van der Waals surface area contributed by atoms with Crippen LogP contribution in [0.25, 0.3) is 117 Å². The second-order valence-corrected chi connectivity index (χ2v) is 18.2. The van der Waals surface area contributed by atoms with Gasteiger partial charge in [0, 0.05) is 54.9 Å². The van der Waals surface area contributed by atoms with Crippen LogP contribution in [-0.4, -0.2) is 14.5 Å². The van der Waals surface area contributed by atoms with Gasteiger partial charge in [0.15, 0.2) is 5.82 Å². The van der Waals surface area contributed by atoms with E-state index in [2.05, 4.69) is 207 Å². The number of nitrogens with zero attached hydrogens (tertiary/aromatic N) is 3. The molecule has 0 unspecified atom stereocenters. The molecule has 0 N–H and O–H groups in total. The lowest BCUT2D eigenvalue weighted by atomic mass is 9.78. The number of fused-ring (bicyclic) bond motifs is 10. The highest BCUT2D eigenvalue weighted by Gasteiger charge is 2.40. The van der Waals surface area contributed by atoms with Gasteiger partial charge in [0.05, 0.1) is 22.4 Å². The van der Waals surface area contributed by atoms with Crippen LogP contribution in [0.4, 0.5) is 0 Å². The lowest BCUT2D eigenvalue weighted by Gasteiger charge is -2.25. The van der Waals surface area contributed by atoms with Gasteiger partial charge in [-0.1, -0.05) is 166 Å². The minimum atomic E-state index is -0.242. The molecule has 12 aromatic rings. The van der Waals surface area contributed by atoms with E-state index >= 15 is 0 Å². The summed E-state index contributed by atoms with van der Waals surface area (Å²) in [5, 5.41) is 4.51. The summed E-state index contributed by atoms with van der Waals surface area (Å²) in [6.45, 7) is 6.91. The molecule has 0 aliphatic heterocycles. The molecule has 0 saturated carbocycles. The van der Waals surface area contributed by atoms with Crippen molar-refractivity contribution in [2.75, 3.05) is 0 Å². The van der Waals surface area contributed by atoms with Gasteiger partial charge in [0.1, 0.15) is 11.2 Å². The van der Waals surface area contributed by atoms with Crippen LogP contribution >= 0.6 is 0 Å². The Kier molecular flexibility index (Phi) is 8.44. The SMILES string of the molecule is Cc1cc(-c2cc(-c3ccccc3)nc(-c3ccccc3)n2)c2c(c1)oc1ccc(-n3c4ccc(-c5ccccc5)cc4c4cc(-c5ccccc5)c5c(c43)-c3ccccc3C5(C)C)cc12. The molecule has 4 heteroatoms. The van der Waals surface area contributed by atoms with Crippen molar-refractivity contribution in [3.05, 3.63) is 223 Å². The molecule has 0 saturated heterocycles. The standard InChI is InChI=1S/C62H43N3O/c1-38-32-49(53-37-52(41-22-12-6-13-23-41)63-61(64-53)42-24-14-7-15-25-42)57-50-35-44(29-31-55(50)66-56(57)33-38)65-54-30-28-43(39-18-8-4-9-19-39)34-47(54)48-36-46(40-20-10-5-11-21-40)59-58(60(48)65)45-26-16-17-27-51(45)62(59,2)3/h4-37H,1-3H3. The fourth-order valence-corrected chi connectivity index (χ4v) is 10.8. The van der Waals surface area contributed by atoms with E-state index in [1.807, 2.05) is 24.3 Å². The van der Waals surface area contributed by atoms with Gasteiger partial charge in [-0.25, -0.2) is 9.97 Å². The van der Waals surface area contributed by atoms with Crippen LogP contribution in [0.3, 0.4) is 0 Å². The summed E-state index contributed by atoms with van der Waals surface area (Å²) in [6, 6.07) is 74.1. The highest BCUT2D eigenvalue weighted by atomic mass is 16.3. The second-order valence-electron chi connectivity index (χ2n) is 18.2. The predicted octanol–water partition coefficient (Wildman–Crippen LogP) is 16.4. The summed E-state index contributed by atoms with van der Waals surface area (Å²) in [4.78, 5) is 10.4. The number of hydrogen-bond donors (Lipinski definition) is 0. The van der Waals surface area contributed by atoms with Crippen LogP contribution in [0.2, 0.25) is 0 Å². The van der Waals surface area contributed by atoms with Crippen molar-refractivity contribution in [3.63, 3.8) is 0 Å². The van der Waals surface area contributed by atoms with Crippen LogP contribution in [0.5, 0.6) is 0 Å². The maximum absolute atomic E-state index is 6.80. The third kappa shape index (κ3) is 5.85. The van der Waals surface area contributed by atoms with Gasteiger partial charge in [0.2, 0.25) is 0 Å². The van der Waals surface area contributed by atoms with E-state index < -0.39 is 0 Å². The molecule has 0 fully saturated rings. The zero-order valence-corrected chi connectivity index (χ0v) is 36.9. The third-order valence-corrected chi connectivity index (χ3v) is 13.8. The highest BCUT2D eigenvalue weighted by molar-refractivity contribution is 6.19. The van der Waals surface area contributed by atoms with Gasteiger partial charge < -0.3 is 8.98 Å². The van der Waals surface area contributed by atoms with E-state index in [4.69, 9.17) is 14.4 Å². The van der Waals surface area contributed by atoms with E-state index in [-0.39, 0.29) is 5.41 Å². The Morgan fingerprint density at radius 1 is 0.455 bits per heavy atom. The van der Waals surface area contributed by atoms with Crippen molar-refractivity contribution < 1.29 is 4.42 Å². The predicted molar refractivity (Wildman–Crippen MR) is 273 cm³/mol. The lowest BCUT2D eigenvalue weighted by Crippen LogP contribution is -2.16. The topological polar surface area (TPSA) is 43.9 Å². The molecule has 0 atom stereocenters. The molecule has 66 heavy (non-hydrogen) atoms. The van der Waals surface area contributed by atoms with Crippen LogP contribution in [-0.2, 0) is 5.41 Å². The average molecular weight is 846 g/mol. The number of hydrogen-bond acceptors (Lipinski definition) is 3. The second kappa shape index (κ2) is 14.6. The van der Waals surface area contributed by atoms with Crippen LogP contribution in [0.15, 0.2) is 211 Å². The summed E-state index contributed by atoms with van der Waals surface area (Å²) in [5.41, 5.74) is 20.8. The zero-order chi connectivity index (χ0) is 44.1. The van der Waals surface area contributed by atoms with E-state index in [1.165, 1.54) is 60.8 Å². The first-order chi connectivity index (χ1) is 32.4. The van der Waals surface area contributed by atoms with Gasteiger partial charge in [-0.3, -0.25) is 0 Å². The van der Waals surface area contributed by atoms with Gasteiger partial charge >= 0.3 is 0 Å². The summed E-state index contributed by atoms with van der Waals surface area (Å²) in [7, 11) is 0. The molecule has 312 valence electrons. The minimum absolute atomic E-state index is 0.242. The van der Waals surface area contributed by atoms with Crippen molar-refractivity contribution in [2.24, 2.45) is 0 Å². The van der Waals surface area contributed by atoms with Crippen molar-refractivity contribution in [2.45, 2.75) is 26.2 Å². The first kappa shape index (κ1) is 38.1. The molecule has 0 radical (unpaired) electrons. The fraction of sp³-hybridized carbons (Fsp3) is 0.0645. The van der Waals surface area contributed by atoms with Crippen LogP contribution in [0, 0.1) is 6.92 Å². The number of aromatic nitrogens is 3. The Balaban J connectivity index is 1.12. The number of aryl methyl sites for hydroxylation is 1. The average Bonchev–Trinajstić information content (AvgIpc) is 3.98. The molecular weight excluding hydrogens is 803 g/mol. The van der Waals surface area contributed by atoms with Gasteiger partial charge in [-0.2, -0.15) is 0 Å². The lowest BCUT2D eigenvalue weighted by molar-refractivity contribution is 0.662. The number of benzene rings is 9. The van der Waals surface area contributed by atoms with Crippen molar-refractivity contribution >= 4 is 43.7 Å². The quantitative estimate of drug-likeness (QED) is 0.167. The minimum Gasteiger partial charge on any atom is -0.456 e. The molecule has 4 nitrogen and oxygen atoms in total. The molecule has 0 bridgehead atoms. The molecule has 0 spiro atoms. The maximum Gasteiger partial charge on any atom is 0.160 e. The number of rotatable bonds is 6. The highest BCUT2D eigenvalue weighted by Crippen LogP contribution is 2.56. The Morgan fingerprint density at radius 3 is 1.85 bits per heavy atom. The van der Waals surface area contributed by atoms with Gasteiger partial charge in [-0.05, 0) is 106 Å². The van der Waals surface area contributed by atoms with E-state index in [0.717, 1.165) is 66.8 Å². The molecule has 9 aromatic carbocycles. The Hall–Kier alpha value is -8.34. The van der Waals surface area contributed by atoms with Gasteiger partial charge in [0.25, 0.3) is 0 Å². The monoisotopic (exact) mass is 845 g/mol. The molecule has 0 amide bonds. The molecule has 3 heterocycles. The first-order valence-electron chi connectivity index (χ1n) is 22.7. The Labute approximate surface area is 383 Å². The van der Waals surface area contributed by atoms with Gasteiger partial charge in [-0.15, -0.1) is 0 Å². The van der Waals surface area contributed by atoms with Crippen molar-refractivity contribution in [1.82, 2.24) is 14.5 Å². The van der Waals surface area contributed by atoms with E-state index in [9.17, 15) is 0 Å². The summed E-state index contributed by atoms with van der Waals surface area (Å²) >= 11 is 0. The first-order valence-corrected chi connectivity index (χ1v) is 22.7. The zero-order valence-electron chi connectivity index (χ0n) is 36.9. The fourth-order valence-electron chi connectivity index (χ4n) is 10.8. The number of furan rings is 1. The van der Waals surface area contributed by atoms with Crippen LogP contribution < -0.4 is 0 Å². The third-order valence-electron chi connectivity index (χ3n) is 13.8. The largest absolute Gasteiger partial charge is 0.456 e. The molecule has 1 aliphatic carbocycles. The van der Waals surface area contributed by atoms with Crippen molar-refractivity contribution in [1.29, 1.82) is 0 Å². The van der Waals surface area contributed by atoms with Crippen LogP contribution in [0.1, 0.15) is 30.5 Å². The smallest absolute Gasteiger partial charge is 0.160 e. The molecule has 13 rings (SSSR count). The van der Waals surface area contributed by atoms with E-state index in [0.29, 0.717) is 5.82 Å². The summed E-state index contributed by atoms with van der Waals surface area (Å²) in [6.07, 6.45) is 0. The Bertz CT molecular complexity index is 3830. The molecular formula is C62H43N3O. The van der Waals surface area contributed by atoms with Crippen molar-refractivity contribution in [3.8, 4) is 73.0 Å². The maximum atomic E-state index is 6.80. The Morgan fingerprint density at radius 2 is 1.11 bits per heavy atom. The summed E-state index contributed by atoms with van der Waals surface area (Å²) < 4.78 is 9.31. The molecule has 3 aromatic heterocycles. The van der Waals surface area contributed by atoms with E-state index in [1.54, 1.807) is 0 Å². The summed E-state index contributed by atoms with van der Waals surface area (Å²) in [5.74, 6) is 0.683. The normalized spacial score (nSPS) is 12.9. The molecule has 1 aliphatic rings.